The molecule has 1 aromatic carbocycles. The molecule has 0 saturated heterocycles. The highest BCUT2D eigenvalue weighted by molar-refractivity contribution is 5.70. The zero-order valence-electron chi connectivity index (χ0n) is 9.78. The summed E-state index contributed by atoms with van der Waals surface area (Å²) < 4.78 is 1.70. The van der Waals surface area contributed by atoms with Gasteiger partial charge in [-0.05, 0) is 31.0 Å². The molecule has 2 rings (SSSR count). The lowest BCUT2D eigenvalue weighted by Crippen LogP contribution is -1.98. The molecule has 0 radical (unpaired) electrons. The first-order valence-corrected chi connectivity index (χ1v) is 5.19. The van der Waals surface area contributed by atoms with E-state index in [9.17, 15) is 0 Å². The zero-order chi connectivity index (χ0) is 11.7. The smallest absolute Gasteiger partial charge is 0.175 e. The Kier molecular flexibility index (Phi) is 2.56. The molecule has 1 heterocycles. The average Bonchev–Trinajstić information content (AvgIpc) is 2.51. The van der Waals surface area contributed by atoms with Crippen molar-refractivity contribution in [3.8, 4) is 0 Å². The second-order valence-corrected chi connectivity index (χ2v) is 4.05. The van der Waals surface area contributed by atoms with Crippen LogP contribution in [0.25, 0.3) is 0 Å². The molecule has 3 N–H and O–H groups in total. The largest absolute Gasteiger partial charge is 0.394 e. The number of aromatic nitrogens is 2. The summed E-state index contributed by atoms with van der Waals surface area (Å²) in [4.78, 5) is 0. The highest BCUT2D eigenvalue weighted by Crippen LogP contribution is 2.24. The summed E-state index contributed by atoms with van der Waals surface area (Å²) in [7, 11) is 1.85. The number of anilines is 3. The van der Waals surface area contributed by atoms with Gasteiger partial charge in [-0.2, -0.15) is 5.10 Å². The first-order valence-electron chi connectivity index (χ1n) is 5.19. The van der Waals surface area contributed by atoms with Gasteiger partial charge in [-0.3, -0.25) is 4.68 Å². The number of aryl methyl sites for hydroxylation is 3. The van der Waals surface area contributed by atoms with Crippen LogP contribution in [0.2, 0.25) is 0 Å². The van der Waals surface area contributed by atoms with E-state index in [2.05, 4.69) is 42.5 Å². The fraction of sp³-hybridized carbons (Fsp3) is 0.250. The molecule has 2 aromatic rings. The first kappa shape index (κ1) is 10.5. The van der Waals surface area contributed by atoms with Gasteiger partial charge in [0.2, 0.25) is 0 Å². The normalized spacial score (nSPS) is 10.4. The molecule has 1 aromatic heterocycles. The van der Waals surface area contributed by atoms with Gasteiger partial charge < -0.3 is 11.1 Å². The van der Waals surface area contributed by atoms with E-state index in [1.54, 1.807) is 10.9 Å². The highest BCUT2D eigenvalue weighted by Gasteiger charge is 2.06. The van der Waals surface area contributed by atoms with E-state index in [0.717, 1.165) is 5.69 Å². The molecular formula is C12H16N4. The topological polar surface area (TPSA) is 55.9 Å². The summed E-state index contributed by atoms with van der Waals surface area (Å²) in [6.07, 6.45) is 1.79. The number of hydrogen-bond donors (Lipinski definition) is 2. The van der Waals surface area contributed by atoms with E-state index in [1.807, 2.05) is 7.05 Å². The molecule has 0 aliphatic heterocycles. The summed E-state index contributed by atoms with van der Waals surface area (Å²) in [6, 6.07) is 6.25. The van der Waals surface area contributed by atoms with Gasteiger partial charge in [-0.1, -0.05) is 12.1 Å². The highest BCUT2D eigenvalue weighted by atomic mass is 15.3. The van der Waals surface area contributed by atoms with E-state index >= 15 is 0 Å². The molecule has 0 amide bonds. The molecule has 0 unspecified atom stereocenters. The van der Waals surface area contributed by atoms with Gasteiger partial charge in [0.15, 0.2) is 5.82 Å². The minimum Gasteiger partial charge on any atom is -0.394 e. The molecule has 0 aliphatic carbocycles. The predicted octanol–water partition coefficient (Wildman–Crippen LogP) is 2.36. The van der Waals surface area contributed by atoms with E-state index < -0.39 is 0 Å². The standard InChI is InChI=1S/C12H16N4/c1-8-4-5-9(2)11(6-8)14-12-10(13)7-16(3)15-12/h4-7H,13H2,1-3H3,(H,14,15). The minimum absolute atomic E-state index is 0.656. The number of rotatable bonds is 2. The van der Waals surface area contributed by atoms with Gasteiger partial charge in [-0.15, -0.1) is 0 Å². The minimum atomic E-state index is 0.656. The maximum absolute atomic E-state index is 5.83. The van der Waals surface area contributed by atoms with Crippen molar-refractivity contribution < 1.29 is 0 Å². The Bertz CT molecular complexity index is 514. The van der Waals surface area contributed by atoms with Crippen molar-refractivity contribution in [1.29, 1.82) is 0 Å². The van der Waals surface area contributed by atoms with Crippen LogP contribution >= 0.6 is 0 Å². The van der Waals surface area contributed by atoms with Crippen LogP contribution in [-0.4, -0.2) is 9.78 Å². The molecule has 84 valence electrons. The summed E-state index contributed by atoms with van der Waals surface area (Å²) in [5.41, 5.74) is 9.92. The summed E-state index contributed by atoms with van der Waals surface area (Å²) in [5.74, 6) is 0.705. The maximum Gasteiger partial charge on any atom is 0.175 e. The lowest BCUT2D eigenvalue weighted by molar-refractivity contribution is 0.771. The van der Waals surface area contributed by atoms with Crippen molar-refractivity contribution in [3.05, 3.63) is 35.5 Å². The number of benzene rings is 1. The number of nitrogens with two attached hydrogens (primary N) is 1. The van der Waals surface area contributed by atoms with Gasteiger partial charge in [-0.25, -0.2) is 0 Å². The molecule has 0 fully saturated rings. The zero-order valence-corrected chi connectivity index (χ0v) is 9.78. The molecule has 0 aliphatic rings. The van der Waals surface area contributed by atoms with Crippen molar-refractivity contribution in [2.24, 2.45) is 7.05 Å². The fourth-order valence-electron chi connectivity index (χ4n) is 1.60. The van der Waals surface area contributed by atoms with Crippen LogP contribution in [0.5, 0.6) is 0 Å². The van der Waals surface area contributed by atoms with Crippen molar-refractivity contribution in [2.75, 3.05) is 11.1 Å². The van der Waals surface area contributed by atoms with Crippen molar-refractivity contribution in [3.63, 3.8) is 0 Å². The fourth-order valence-corrected chi connectivity index (χ4v) is 1.60. The lowest BCUT2D eigenvalue weighted by Gasteiger charge is -2.08. The Morgan fingerprint density at radius 1 is 1.31 bits per heavy atom. The molecule has 0 saturated carbocycles. The molecular weight excluding hydrogens is 200 g/mol. The van der Waals surface area contributed by atoms with Gasteiger partial charge >= 0.3 is 0 Å². The number of nitrogens with zero attached hydrogens (tertiary/aromatic N) is 2. The predicted molar refractivity (Wildman–Crippen MR) is 66.8 cm³/mol. The lowest BCUT2D eigenvalue weighted by atomic mass is 10.1. The summed E-state index contributed by atoms with van der Waals surface area (Å²) in [6.45, 7) is 4.12. The Morgan fingerprint density at radius 3 is 2.69 bits per heavy atom. The Morgan fingerprint density at radius 2 is 2.06 bits per heavy atom. The Hall–Kier alpha value is -1.97. The molecule has 4 heteroatoms. The first-order chi connectivity index (χ1) is 7.56. The molecule has 4 nitrogen and oxygen atoms in total. The summed E-state index contributed by atoms with van der Waals surface area (Å²) >= 11 is 0. The van der Waals surface area contributed by atoms with Crippen LogP contribution in [0.4, 0.5) is 17.2 Å². The van der Waals surface area contributed by atoms with Gasteiger partial charge in [0, 0.05) is 18.9 Å². The van der Waals surface area contributed by atoms with Crippen molar-refractivity contribution in [2.45, 2.75) is 13.8 Å². The monoisotopic (exact) mass is 216 g/mol. The van der Waals surface area contributed by atoms with Crippen LogP contribution in [0.1, 0.15) is 11.1 Å². The van der Waals surface area contributed by atoms with Crippen molar-refractivity contribution in [1.82, 2.24) is 9.78 Å². The van der Waals surface area contributed by atoms with Crippen LogP contribution in [0.15, 0.2) is 24.4 Å². The quantitative estimate of drug-likeness (QED) is 0.810. The van der Waals surface area contributed by atoms with Crippen LogP contribution < -0.4 is 11.1 Å². The Labute approximate surface area is 95.1 Å². The van der Waals surface area contributed by atoms with Crippen LogP contribution in [-0.2, 0) is 7.05 Å². The number of nitrogen functional groups attached to an aromatic ring is 1. The van der Waals surface area contributed by atoms with E-state index in [4.69, 9.17) is 5.73 Å². The summed E-state index contributed by atoms with van der Waals surface area (Å²) in [5, 5.41) is 7.50. The third-order valence-corrected chi connectivity index (χ3v) is 2.50. The molecule has 0 spiro atoms. The van der Waals surface area contributed by atoms with Gasteiger partial charge in [0.1, 0.15) is 0 Å². The number of hydrogen-bond acceptors (Lipinski definition) is 3. The Balaban J connectivity index is 2.33. The third-order valence-electron chi connectivity index (χ3n) is 2.50. The van der Waals surface area contributed by atoms with E-state index in [1.165, 1.54) is 11.1 Å². The van der Waals surface area contributed by atoms with Crippen LogP contribution in [0.3, 0.4) is 0 Å². The molecule has 16 heavy (non-hydrogen) atoms. The van der Waals surface area contributed by atoms with E-state index in [-0.39, 0.29) is 0 Å². The SMILES string of the molecule is Cc1ccc(C)c(Nc2nn(C)cc2N)c1. The molecule has 0 bridgehead atoms. The van der Waals surface area contributed by atoms with Gasteiger partial charge in [0.25, 0.3) is 0 Å². The van der Waals surface area contributed by atoms with Crippen molar-refractivity contribution >= 4 is 17.2 Å². The van der Waals surface area contributed by atoms with Crippen LogP contribution in [0, 0.1) is 13.8 Å². The maximum atomic E-state index is 5.83. The second-order valence-electron chi connectivity index (χ2n) is 4.05. The average molecular weight is 216 g/mol. The van der Waals surface area contributed by atoms with Gasteiger partial charge in [0.05, 0.1) is 5.69 Å². The molecule has 0 atom stereocenters. The second kappa shape index (κ2) is 3.89. The third kappa shape index (κ3) is 2.00. The number of nitrogens with one attached hydrogen (secondary N) is 1. The van der Waals surface area contributed by atoms with E-state index in [0.29, 0.717) is 11.5 Å².